The highest BCUT2D eigenvalue weighted by molar-refractivity contribution is 7.80. The molecule has 2 aromatic rings. The summed E-state index contributed by atoms with van der Waals surface area (Å²) in [6.07, 6.45) is 0. The zero-order valence-electron chi connectivity index (χ0n) is 10.8. The van der Waals surface area contributed by atoms with Crippen LogP contribution in [0.4, 0.5) is 0 Å². The Morgan fingerprint density at radius 2 is 2.06 bits per heavy atom. The van der Waals surface area contributed by atoms with Crippen LogP contribution in [-0.4, -0.2) is 19.8 Å². The van der Waals surface area contributed by atoms with Crippen molar-refractivity contribution in [3.63, 3.8) is 0 Å². The van der Waals surface area contributed by atoms with Crippen molar-refractivity contribution in [3.05, 3.63) is 46.5 Å². The Balaban J connectivity index is 2.30. The van der Waals surface area contributed by atoms with E-state index in [0.717, 1.165) is 29.3 Å². The van der Waals surface area contributed by atoms with E-state index < -0.39 is 0 Å². The number of nitrogens with zero attached hydrogens (tertiary/aromatic N) is 3. The fourth-order valence-corrected chi connectivity index (χ4v) is 2.03. The van der Waals surface area contributed by atoms with E-state index in [0.29, 0.717) is 4.99 Å². The largest absolute Gasteiger partial charge is 0.389 e. The van der Waals surface area contributed by atoms with Gasteiger partial charge in [-0.15, -0.1) is 0 Å². The molecule has 94 valence electrons. The van der Waals surface area contributed by atoms with E-state index in [9.17, 15) is 0 Å². The van der Waals surface area contributed by atoms with Crippen molar-refractivity contribution < 1.29 is 0 Å². The fraction of sp³-hybridized carbons (Fsp3) is 0.308. The third-order valence-electron chi connectivity index (χ3n) is 2.91. The molecule has 4 nitrogen and oxygen atoms in total. The van der Waals surface area contributed by atoms with Gasteiger partial charge in [-0.2, -0.15) is 5.10 Å². The van der Waals surface area contributed by atoms with E-state index in [1.807, 2.05) is 36.7 Å². The molecule has 1 aromatic carbocycles. The molecule has 0 fully saturated rings. The molecule has 0 amide bonds. The summed E-state index contributed by atoms with van der Waals surface area (Å²) in [5.74, 6) is 1.72. The summed E-state index contributed by atoms with van der Waals surface area (Å²) in [5.41, 5.74) is 8.87. The lowest BCUT2D eigenvalue weighted by molar-refractivity contribution is 0.654. The summed E-state index contributed by atoms with van der Waals surface area (Å²) in [6.45, 7) is 6.62. The molecule has 0 bridgehead atoms. The molecule has 0 spiro atoms. The SMILES string of the molecule is Cc1nc(C)n(Cc2ccc(C(N)=S)cc2C)n1. The smallest absolute Gasteiger partial charge is 0.147 e. The van der Waals surface area contributed by atoms with Crippen molar-refractivity contribution in [1.29, 1.82) is 0 Å². The lowest BCUT2D eigenvalue weighted by Crippen LogP contribution is -2.11. The average Bonchev–Trinajstić information content (AvgIpc) is 2.60. The molecule has 0 aliphatic carbocycles. The molecule has 5 heteroatoms. The molecule has 1 aromatic heterocycles. The summed E-state index contributed by atoms with van der Waals surface area (Å²) in [6, 6.07) is 6.00. The van der Waals surface area contributed by atoms with E-state index in [1.54, 1.807) is 0 Å². The van der Waals surface area contributed by atoms with Crippen LogP contribution in [0.5, 0.6) is 0 Å². The molecule has 1 heterocycles. The van der Waals surface area contributed by atoms with Gasteiger partial charge in [-0.05, 0) is 38.0 Å². The van der Waals surface area contributed by atoms with Crippen LogP contribution in [0.3, 0.4) is 0 Å². The Bertz CT molecular complexity index is 601. The molecule has 2 rings (SSSR count). The van der Waals surface area contributed by atoms with Gasteiger partial charge >= 0.3 is 0 Å². The molecule has 0 atom stereocenters. The molecular formula is C13H16N4S. The van der Waals surface area contributed by atoms with Gasteiger partial charge in [-0.3, -0.25) is 0 Å². The monoisotopic (exact) mass is 260 g/mol. The van der Waals surface area contributed by atoms with Crippen LogP contribution in [0, 0.1) is 20.8 Å². The molecule has 0 aliphatic heterocycles. The van der Waals surface area contributed by atoms with Gasteiger partial charge < -0.3 is 5.73 Å². The highest BCUT2D eigenvalue weighted by Crippen LogP contribution is 2.13. The lowest BCUT2D eigenvalue weighted by atomic mass is 10.1. The Kier molecular flexibility index (Phi) is 3.43. The van der Waals surface area contributed by atoms with Gasteiger partial charge in [-0.1, -0.05) is 24.4 Å². The van der Waals surface area contributed by atoms with Crippen molar-refractivity contribution >= 4 is 17.2 Å². The van der Waals surface area contributed by atoms with Gasteiger partial charge in [-0.25, -0.2) is 9.67 Å². The van der Waals surface area contributed by atoms with Crippen LogP contribution in [0.1, 0.15) is 28.3 Å². The Morgan fingerprint density at radius 3 is 2.56 bits per heavy atom. The minimum atomic E-state index is 0.428. The number of thiocarbonyl (C=S) groups is 1. The van der Waals surface area contributed by atoms with Gasteiger partial charge in [0.05, 0.1) is 6.54 Å². The van der Waals surface area contributed by atoms with Crippen molar-refractivity contribution in [2.75, 3.05) is 0 Å². The van der Waals surface area contributed by atoms with E-state index in [1.165, 1.54) is 5.56 Å². The molecule has 0 saturated carbocycles. The van der Waals surface area contributed by atoms with E-state index in [2.05, 4.69) is 17.0 Å². The fourth-order valence-electron chi connectivity index (χ4n) is 1.90. The third-order valence-corrected chi connectivity index (χ3v) is 3.15. The number of nitrogens with two attached hydrogens (primary N) is 1. The normalized spacial score (nSPS) is 10.6. The quantitative estimate of drug-likeness (QED) is 0.856. The van der Waals surface area contributed by atoms with Gasteiger partial charge in [0.15, 0.2) is 0 Å². The maximum absolute atomic E-state index is 5.62. The van der Waals surface area contributed by atoms with Crippen LogP contribution >= 0.6 is 12.2 Å². The minimum absolute atomic E-state index is 0.428. The summed E-state index contributed by atoms with van der Waals surface area (Å²) < 4.78 is 1.90. The summed E-state index contributed by atoms with van der Waals surface area (Å²) in [5, 5.41) is 4.36. The molecule has 0 radical (unpaired) electrons. The summed E-state index contributed by atoms with van der Waals surface area (Å²) in [4.78, 5) is 4.72. The second-order valence-electron chi connectivity index (χ2n) is 4.37. The second kappa shape index (κ2) is 4.86. The predicted molar refractivity (Wildman–Crippen MR) is 75.7 cm³/mol. The first-order chi connectivity index (χ1) is 8.47. The summed E-state index contributed by atoms with van der Waals surface area (Å²) in [7, 11) is 0. The maximum atomic E-state index is 5.62. The zero-order valence-corrected chi connectivity index (χ0v) is 11.6. The first kappa shape index (κ1) is 12.7. The standard InChI is InChI=1S/C13H16N4S/c1-8-6-11(13(14)18)4-5-12(8)7-17-10(3)15-9(2)16-17/h4-6H,7H2,1-3H3,(H2,14,18). The van der Waals surface area contributed by atoms with Crippen LogP contribution in [0.2, 0.25) is 0 Å². The van der Waals surface area contributed by atoms with Crippen molar-refractivity contribution in [2.45, 2.75) is 27.3 Å². The van der Waals surface area contributed by atoms with Crippen molar-refractivity contribution in [3.8, 4) is 0 Å². The number of hydrogen-bond donors (Lipinski definition) is 1. The molecular weight excluding hydrogens is 244 g/mol. The Hall–Kier alpha value is -1.75. The molecule has 0 saturated heterocycles. The van der Waals surface area contributed by atoms with E-state index in [4.69, 9.17) is 18.0 Å². The van der Waals surface area contributed by atoms with Gasteiger partial charge in [0.25, 0.3) is 0 Å². The van der Waals surface area contributed by atoms with Gasteiger partial charge in [0, 0.05) is 5.56 Å². The molecule has 2 N–H and O–H groups in total. The van der Waals surface area contributed by atoms with Crippen LogP contribution < -0.4 is 5.73 Å². The number of aromatic nitrogens is 3. The number of aryl methyl sites for hydroxylation is 3. The van der Waals surface area contributed by atoms with Crippen LogP contribution in [0.15, 0.2) is 18.2 Å². The molecule has 0 aliphatic rings. The average molecular weight is 260 g/mol. The maximum Gasteiger partial charge on any atom is 0.147 e. The van der Waals surface area contributed by atoms with E-state index in [-0.39, 0.29) is 0 Å². The molecule has 0 unspecified atom stereocenters. The topological polar surface area (TPSA) is 56.7 Å². The lowest BCUT2D eigenvalue weighted by Gasteiger charge is -2.09. The van der Waals surface area contributed by atoms with Gasteiger partial charge in [0.1, 0.15) is 16.6 Å². The minimum Gasteiger partial charge on any atom is -0.389 e. The van der Waals surface area contributed by atoms with Crippen molar-refractivity contribution in [2.24, 2.45) is 5.73 Å². The number of benzene rings is 1. The summed E-state index contributed by atoms with van der Waals surface area (Å²) >= 11 is 4.97. The van der Waals surface area contributed by atoms with Crippen molar-refractivity contribution in [1.82, 2.24) is 14.8 Å². The first-order valence-electron chi connectivity index (χ1n) is 5.75. The Labute approximate surface area is 112 Å². The van der Waals surface area contributed by atoms with E-state index >= 15 is 0 Å². The number of hydrogen-bond acceptors (Lipinski definition) is 3. The van der Waals surface area contributed by atoms with Gasteiger partial charge in [0.2, 0.25) is 0 Å². The highest BCUT2D eigenvalue weighted by atomic mass is 32.1. The highest BCUT2D eigenvalue weighted by Gasteiger charge is 2.06. The zero-order chi connectivity index (χ0) is 13.3. The van der Waals surface area contributed by atoms with Crippen LogP contribution in [-0.2, 0) is 6.54 Å². The van der Waals surface area contributed by atoms with Crippen LogP contribution in [0.25, 0.3) is 0 Å². The third kappa shape index (κ3) is 2.56. The number of rotatable bonds is 3. The second-order valence-corrected chi connectivity index (χ2v) is 4.81. The molecule has 18 heavy (non-hydrogen) atoms. The first-order valence-corrected chi connectivity index (χ1v) is 6.15. The Morgan fingerprint density at radius 1 is 1.33 bits per heavy atom. The predicted octanol–water partition coefficient (Wildman–Crippen LogP) is 1.89.